The van der Waals surface area contributed by atoms with Gasteiger partial charge in [-0.15, -0.1) is 0 Å². The molecule has 2 heterocycles. The van der Waals surface area contributed by atoms with Crippen LogP contribution in [0.4, 0.5) is 5.13 Å². The van der Waals surface area contributed by atoms with Crippen molar-refractivity contribution in [1.82, 2.24) is 9.88 Å². The van der Waals surface area contributed by atoms with Crippen LogP contribution in [-0.2, 0) is 4.74 Å². The summed E-state index contributed by atoms with van der Waals surface area (Å²) in [6.45, 7) is 4.13. The standard InChI is InChI=1S/C26H28N4O3S/c1-4-33-25(32)22-16-23(31)27-26(34-22)29-28-20-15-21(18-11-7-5-8-12-18)30(3)24(17(20)2)19-13-9-6-10-14-19/h5-14,16-17,21,24H,4,15H2,1-3H3,(H,27,29,31)/b28-20-. The van der Waals surface area contributed by atoms with Crippen LogP contribution >= 0.6 is 11.3 Å². The molecule has 2 aromatic carbocycles. The van der Waals surface area contributed by atoms with Gasteiger partial charge in [0, 0.05) is 36.2 Å². The summed E-state index contributed by atoms with van der Waals surface area (Å²) in [6.07, 6.45) is 0.727. The number of carbonyl (C=O) groups is 1. The van der Waals surface area contributed by atoms with Crippen molar-refractivity contribution in [1.29, 1.82) is 0 Å². The first-order valence-electron chi connectivity index (χ1n) is 11.3. The number of piperidine rings is 1. The second-order valence-electron chi connectivity index (χ2n) is 8.24. The highest BCUT2D eigenvalue weighted by molar-refractivity contribution is 7.17. The number of nitrogens with zero attached hydrogens (tertiary/aromatic N) is 3. The van der Waals surface area contributed by atoms with Gasteiger partial charge in [-0.3, -0.25) is 15.1 Å². The summed E-state index contributed by atoms with van der Waals surface area (Å²) in [5, 5.41) is 4.97. The molecule has 0 aliphatic carbocycles. The lowest BCUT2D eigenvalue weighted by Crippen LogP contribution is -2.42. The number of ether oxygens (including phenoxy) is 1. The molecule has 3 unspecified atom stereocenters. The van der Waals surface area contributed by atoms with Gasteiger partial charge in [0.05, 0.1) is 6.61 Å². The number of likely N-dealkylation sites (tertiary alicyclic amines) is 1. The number of hydrogen-bond acceptors (Lipinski definition) is 8. The minimum Gasteiger partial charge on any atom is -0.462 e. The van der Waals surface area contributed by atoms with Crippen LogP contribution in [0, 0.1) is 5.92 Å². The van der Waals surface area contributed by atoms with Gasteiger partial charge in [0.25, 0.3) is 5.56 Å². The van der Waals surface area contributed by atoms with E-state index in [9.17, 15) is 9.59 Å². The summed E-state index contributed by atoms with van der Waals surface area (Å²) in [5.74, 6) is -0.423. The van der Waals surface area contributed by atoms with Crippen molar-refractivity contribution in [2.45, 2.75) is 32.4 Å². The molecule has 34 heavy (non-hydrogen) atoms. The Kier molecular flexibility index (Phi) is 7.49. The maximum atomic E-state index is 12.1. The second kappa shape index (κ2) is 10.7. The Bertz CT molecular complexity index is 1210. The van der Waals surface area contributed by atoms with Gasteiger partial charge in [-0.05, 0) is 25.1 Å². The molecular weight excluding hydrogens is 448 g/mol. The molecule has 1 fully saturated rings. The Hall–Kier alpha value is -3.36. The summed E-state index contributed by atoms with van der Waals surface area (Å²) < 4.78 is 5.02. The van der Waals surface area contributed by atoms with E-state index in [1.807, 2.05) is 12.1 Å². The van der Waals surface area contributed by atoms with Crippen LogP contribution in [0.25, 0.3) is 0 Å². The van der Waals surface area contributed by atoms with E-state index in [0.29, 0.717) is 0 Å². The minimum absolute atomic E-state index is 0.116. The van der Waals surface area contributed by atoms with Crippen molar-refractivity contribution in [3.8, 4) is 0 Å². The number of esters is 1. The average Bonchev–Trinajstić information content (AvgIpc) is 2.85. The van der Waals surface area contributed by atoms with E-state index in [4.69, 9.17) is 9.84 Å². The fourth-order valence-corrected chi connectivity index (χ4v) is 5.21. The summed E-state index contributed by atoms with van der Waals surface area (Å²) in [5.41, 5.74) is 5.86. The fraction of sp³-hybridized carbons (Fsp3) is 0.308. The molecule has 4 rings (SSSR count). The van der Waals surface area contributed by atoms with E-state index in [0.717, 1.165) is 23.5 Å². The molecule has 1 aliphatic rings. The molecule has 0 radical (unpaired) electrons. The maximum Gasteiger partial charge on any atom is 0.348 e. The normalized spacial score (nSPS) is 21.9. The molecule has 0 spiro atoms. The smallest absolute Gasteiger partial charge is 0.348 e. The number of anilines is 1. The summed E-state index contributed by atoms with van der Waals surface area (Å²) in [6, 6.07) is 22.3. The molecule has 1 aromatic heterocycles. The zero-order chi connectivity index (χ0) is 24.1. The van der Waals surface area contributed by atoms with Gasteiger partial charge in [-0.25, -0.2) is 4.79 Å². The minimum atomic E-state index is -0.538. The Labute approximate surface area is 203 Å². The first-order valence-corrected chi connectivity index (χ1v) is 12.1. The first-order chi connectivity index (χ1) is 16.5. The van der Waals surface area contributed by atoms with Gasteiger partial charge in [0.1, 0.15) is 4.88 Å². The summed E-state index contributed by atoms with van der Waals surface area (Å²) in [4.78, 5) is 30.7. The van der Waals surface area contributed by atoms with E-state index in [2.05, 4.69) is 77.8 Å². The molecule has 7 nitrogen and oxygen atoms in total. The highest BCUT2D eigenvalue weighted by Crippen LogP contribution is 2.42. The van der Waals surface area contributed by atoms with Crippen LogP contribution in [-0.4, -0.2) is 35.2 Å². The number of hydrazone groups is 1. The third-order valence-electron chi connectivity index (χ3n) is 6.10. The number of benzene rings is 2. The lowest BCUT2D eigenvalue weighted by molar-refractivity contribution is 0.0531. The van der Waals surface area contributed by atoms with Crippen LogP contribution in [0.5, 0.6) is 0 Å². The number of aromatic nitrogens is 1. The monoisotopic (exact) mass is 476 g/mol. The highest BCUT2D eigenvalue weighted by atomic mass is 32.1. The average molecular weight is 477 g/mol. The van der Waals surface area contributed by atoms with Gasteiger partial charge < -0.3 is 4.74 Å². The number of nitrogens with one attached hydrogen (secondary N) is 1. The lowest BCUT2D eigenvalue weighted by atomic mass is 9.80. The van der Waals surface area contributed by atoms with E-state index < -0.39 is 11.5 Å². The van der Waals surface area contributed by atoms with Gasteiger partial charge in [-0.1, -0.05) is 78.9 Å². The number of carbonyl (C=O) groups excluding carboxylic acids is 1. The molecule has 3 aromatic rings. The second-order valence-corrected chi connectivity index (χ2v) is 9.27. The van der Waals surface area contributed by atoms with E-state index in [-0.39, 0.29) is 34.6 Å². The van der Waals surface area contributed by atoms with E-state index in [1.54, 1.807) is 6.92 Å². The Balaban J connectivity index is 1.67. The molecule has 0 amide bonds. The zero-order valence-corrected chi connectivity index (χ0v) is 20.3. The van der Waals surface area contributed by atoms with Crippen molar-refractivity contribution in [2.75, 3.05) is 19.1 Å². The lowest BCUT2D eigenvalue weighted by Gasteiger charge is -2.44. The first kappa shape index (κ1) is 23.8. The Morgan fingerprint density at radius 3 is 2.44 bits per heavy atom. The fourth-order valence-electron chi connectivity index (χ4n) is 4.48. The van der Waals surface area contributed by atoms with Crippen LogP contribution in [0.3, 0.4) is 0 Å². The van der Waals surface area contributed by atoms with E-state index >= 15 is 0 Å². The van der Waals surface area contributed by atoms with Gasteiger partial charge >= 0.3 is 5.97 Å². The number of hydrogen-bond donors (Lipinski definition) is 1. The molecule has 1 aliphatic heterocycles. The van der Waals surface area contributed by atoms with Crippen LogP contribution in [0.1, 0.15) is 53.2 Å². The van der Waals surface area contributed by atoms with Crippen LogP contribution < -0.4 is 11.0 Å². The molecule has 1 N–H and O–H groups in total. The van der Waals surface area contributed by atoms with E-state index in [1.165, 1.54) is 17.2 Å². The van der Waals surface area contributed by atoms with Crippen molar-refractivity contribution < 1.29 is 9.53 Å². The Morgan fingerprint density at radius 1 is 1.15 bits per heavy atom. The predicted molar refractivity (Wildman–Crippen MR) is 135 cm³/mol. The van der Waals surface area contributed by atoms with Crippen molar-refractivity contribution in [3.05, 3.63) is 93.1 Å². The van der Waals surface area contributed by atoms with Crippen molar-refractivity contribution >= 4 is 28.1 Å². The van der Waals surface area contributed by atoms with Crippen molar-refractivity contribution in [3.63, 3.8) is 0 Å². The zero-order valence-electron chi connectivity index (χ0n) is 19.5. The molecular formula is C26H28N4O3S. The molecule has 0 bridgehead atoms. The topological polar surface area (TPSA) is 83.9 Å². The van der Waals surface area contributed by atoms with Crippen molar-refractivity contribution in [2.24, 2.45) is 11.0 Å². The molecule has 1 saturated heterocycles. The predicted octanol–water partition coefficient (Wildman–Crippen LogP) is 4.90. The van der Waals surface area contributed by atoms with Gasteiger partial charge in [-0.2, -0.15) is 10.1 Å². The molecule has 8 heteroatoms. The van der Waals surface area contributed by atoms with Crippen LogP contribution in [0.2, 0.25) is 0 Å². The third-order valence-corrected chi connectivity index (χ3v) is 6.98. The molecule has 176 valence electrons. The quantitative estimate of drug-likeness (QED) is 0.402. The maximum absolute atomic E-state index is 12.1. The molecule has 3 atom stereocenters. The highest BCUT2D eigenvalue weighted by Gasteiger charge is 2.38. The van der Waals surface area contributed by atoms with Crippen LogP contribution in [0.15, 0.2) is 76.6 Å². The number of rotatable bonds is 6. The largest absolute Gasteiger partial charge is 0.462 e. The third kappa shape index (κ3) is 5.24. The summed E-state index contributed by atoms with van der Waals surface area (Å²) in [7, 11) is 2.16. The Morgan fingerprint density at radius 2 is 1.79 bits per heavy atom. The van der Waals surface area contributed by atoms with Gasteiger partial charge in [0.2, 0.25) is 5.13 Å². The van der Waals surface area contributed by atoms with Gasteiger partial charge in [0.15, 0.2) is 0 Å². The SMILES string of the molecule is CCOC(=O)c1cc(=O)nc(N/N=C2/CC(c3ccccc3)N(C)C(c3ccccc3)C2C)s1. The molecule has 0 saturated carbocycles. The summed E-state index contributed by atoms with van der Waals surface area (Å²) >= 11 is 1.06.